The normalized spacial score (nSPS) is 12.1. The number of aromatic carboxylic acids is 1. The van der Waals surface area contributed by atoms with E-state index < -0.39 is 5.97 Å². The number of carbonyl (C=O) groups is 1. The lowest BCUT2D eigenvalue weighted by molar-refractivity contribution is 0.0697. The van der Waals surface area contributed by atoms with E-state index in [2.05, 4.69) is 5.32 Å². The van der Waals surface area contributed by atoms with Crippen LogP contribution in [0.25, 0.3) is 0 Å². The molecule has 1 unspecified atom stereocenters. The van der Waals surface area contributed by atoms with Crippen LogP contribution in [0.4, 0.5) is 5.69 Å². The van der Waals surface area contributed by atoms with Gasteiger partial charge < -0.3 is 15.2 Å². The molecule has 16 heavy (non-hydrogen) atoms. The maximum atomic E-state index is 10.8. The third kappa shape index (κ3) is 3.90. The molecule has 0 aliphatic carbocycles. The fourth-order valence-corrected chi connectivity index (χ4v) is 1.36. The van der Waals surface area contributed by atoms with Crippen molar-refractivity contribution < 1.29 is 14.6 Å². The molecule has 0 amide bonds. The zero-order valence-electron chi connectivity index (χ0n) is 9.56. The number of rotatable bonds is 6. The summed E-state index contributed by atoms with van der Waals surface area (Å²) in [5.41, 5.74) is 1.08. The molecule has 0 heterocycles. The van der Waals surface area contributed by atoms with Crippen molar-refractivity contribution in [3.63, 3.8) is 0 Å². The van der Waals surface area contributed by atoms with Crippen LogP contribution < -0.4 is 5.32 Å². The maximum Gasteiger partial charge on any atom is 0.335 e. The third-order valence-electron chi connectivity index (χ3n) is 2.09. The zero-order valence-corrected chi connectivity index (χ0v) is 9.56. The van der Waals surface area contributed by atoms with Crippen molar-refractivity contribution in [2.24, 2.45) is 0 Å². The predicted molar refractivity (Wildman–Crippen MR) is 63.0 cm³/mol. The predicted octanol–water partition coefficient (Wildman–Crippen LogP) is 2.22. The Morgan fingerprint density at radius 3 is 2.94 bits per heavy atom. The summed E-state index contributed by atoms with van der Waals surface area (Å²) >= 11 is 0. The number of ether oxygens (including phenoxy) is 1. The highest BCUT2D eigenvalue weighted by atomic mass is 16.5. The Hall–Kier alpha value is -1.55. The SMILES string of the molecule is CCOCC(C)Nc1cccc(C(=O)O)c1. The van der Waals surface area contributed by atoms with Gasteiger partial charge in [0.15, 0.2) is 0 Å². The summed E-state index contributed by atoms with van der Waals surface area (Å²) in [5, 5.41) is 12.0. The summed E-state index contributed by atoms with van der Waals surface area (Å²) < 4.78 is 5.27. The Labute approximate surface area is 95.2 Å². The minimum Gasteiger partial charge on any atom is -0.478 e. The molecule has 88 valence electrons. The van der Waals surface area contributed by atoms with Crippen LogP contribution in [-0.4, -0.2) is 30.3 Å². The molecule has 4 nitrogen and oxygen atoms in total. The van der Waals surface area contributed by atoms with Crippen molar-refractivity contribution in [3.05, 3.63) is 29.8 Å². The second kappa shape index (κ2) is 6.12. The van der Waals surface area contributed by atoms with Crippen LogP contribution >= 0.6 is 0 Å². The molecule has 4 heteroatoms. The Bertz CT molecular complexity index is 352. The second-order valence-electron chi connectivity index (χ2n) is 3.59. The van der Waals surface area contributed by atoms with Gasteiger partial charge in [-0.1, -0.05) is 6.07 Å². The molecular formula is C12H17NO3. The van der Waals surface area contributed by atoms with E-state index in [0.29, 0.717) is 13.2 Å². The summed E-state index contributed by atoms with van der Waals surface area (Å²) in [5.74, 6) is -0.916. The lowest BCUT2D eigenvalue weighted by atomic mass is 10.2. The lowest BCUT2D eigenvalue weighted by Crippen LogP contribution is -2.21. The van der Waals surface area contributed by atoms with E-state index in [1.165, 1.54) is 0 Å². The fourth-order valence-electron chi connectivity index (χ4n) is 1.36. The summed E-state index contributed by atoms with van der Waals surface area (Å²) in [6.45, 7) is 5.22. The molecule has 1 aromatic rings. The van der Waals surface area contributed by atoms with Crippen molar-refractivity contribution in [2.45, 2.75) is 19.9 Å². The van der Waals surface area contributed by atoms with Gasteiger partial charge in [0.1, 0.15) is 0 Å². The van der Waals surface area contributed by atoms with Crippen LogP contribution in [0.3, 0.4) is 0 Å². The highest BCUT2D eigenvalue weighted by molar-refractivity contribution is 5.88. The lowest BCUT2D eigenvalue weighted by Gasteiger charge is -2.15. The van der Waals surface area contributed by atoms with Gasteiger partial charge >= 0.3 is 5.97 Å². The van der Waals surface area contributed by atoms with E-state index in [9.17, 15) is 4.79 Å². The first-order valence-electron chi connectivity index (χ1n) is 5.31. The number of benzene rings is 1. The molecule has 0 spiro atoms. The van der Waals surface area contributed by atoms with Gasteiger partial charge in [-0.25, -0.2) is 4.79 Å². The molecule has 0 bridgehead atoms. The van der Waals surface area contributed by atoms with Crippen molar-refractivity contribution in [2.75, 3.05) is 18.5 Å². The maximum absolute atomic E-state index is 10.8. The van der Waals surface area contributed by atoms with E-state index in [-0.39, 0.29) is 11.6 Å². The monoisotopic (exact) mass is 223 g/mol. The first-order chi connectivity index (χ1) is 7.63. The molecule has 1 aromatic carbocycles. The largest absolute Gasteiger partial charge is 0.478 e. The molecule has 2 N–H and O–H groups in total. The Morgan fingerprint density at radius 2 is 2.31 bits per heavy atom. The van der Waals surface area contributed by atoms with Crippen molar-refractivity contribution in [1.29, 1.82) is 0 Å². The number of carboxylic acids is 1. The first kappa shape index (κ1) is 12.5. The molecule has 0 radical (unpaired) electrons. The molecule has 0 aromatic heterocycles. The van der Waals surface area contributed by atoms with Gasteiger partial charge in [-0.2, -0.15) is 0 Å². The van der Waals surface area contributed by atoms with Crippen LogP contribution in [0.5, 0.6) is 0 Å². The summed E-state index contributed by atoms with van der Waals surface area (Å²) in [6, 6.07) is 6.91. The fraction of sp³-hybridized carbons (Fsp3) is 0.417. The van der Waals surface area contributed by atoms with E-state index in [1.807, 2.05) is 19.9 Å². The van der Waals surface area contributed by atoms with Gasteiger partial charge in [0.2, 0.25) is 0 Å². The van der Waals surface area contributed by atoms with Crippen LogP contribution in [-0.2, 0) is 4.74 Å². The Balaban J connectivity index is 2.59. The van der Waals surface area contributed by atoms with Crippen molar-refractivity contribution in [3.8, 4) is 0 Å². The average molecular weight is 223 g/mol. The zero-order chi connectivity index (χ0) is 12.0. The minimum atomic E-state index is -0.916. The van der Waals surface area contributed by atoms with Crippen LogP contribution in [0.2, 0.25) is 0 Å². The van der Waals surface area contributed by atoms with Gasteiger partial charge in [-0.15, -0.1) is 0 Å². The number of carboxylic acid groups (broad SMARTS) is 1. The summed E-state index contributed by atoms with van der Waals surface area (Å²) in [4.78, 5) is 10.8. The Kier molecular flexibility index (Phi) is 4.79. The molecule has 1 rings (SSSR count). The third-order valence-corrected chi connectivity index (χ3v) is 2.09. The standard InChI is InChI=1S/C12H17NO3/c1-3-16-8-9(2)13-11-6-4-5-10(7-11)12(14)15/h4-7,9,13H,3,8H2,1-2H3,(H,14,15). The molecular weight excluding hydrogens is 206 g/mol. The van der Waals surface area contributed by atoms with E-state index in [0.717, 1.165) is 5.69 Å². The summed E-state index contributed by atoms with van der Waals surface area (Å²) in [7, 11) is 0. The highest BCUT2D eigenvalue weighted by Gasteiger charge is 2.05. The van der Waals surface area contributed by atoms with E-state index >= 15 is 0 Å². The van der Waals surface area contributed by atoms with Gasteiger partial charge in [0.25, 0.3) is 0 Å². The van der Waals surface area contributed by atoms with Gasteiger partial charge in [0.05, 0.1) is 12.2 Å². The second-order valence-corrected chi connectivity index (χ2v) is 3.59. The topological polar surface area (TPSA) is 58.6 Å². The Morgan fingerprint density at radius 1 is 1.56 bits per heavy atom. The molecule has 0 saturated carbocycles. The smallest absolute Gasteiger partial charge is 0.335 e. The number of anilines is 1. The molecule has 0 fully saturated rings. The van der Waals surface area contributed by atoms with E-state index in [4.69, 9.17) is 9.84 Å². The molecule has 0 saturated heterocycles. The highest BCUT2D eigenvalue weighted by Crippen LogP contribution is 2.11. The van der Waals surface area contributed by atoms with Crippen LogP contribution in [0, 0.1) is 0 Å². The quantitative estimate of drug-likeness (QED) is 0.776. The molecule has 1 atom stereocenters. The average Bonchev–Trinajstić information content (AvgIpc) is 2.26. The first-order valence-corrected chi connectivity index (χ1v) is 5.31. The number of hydrogen-bond acceptors (Lipinski definition) is 3. The minimum absolute atomic E-state index is 0.156. The van der Waals surface area contributed by atoms with E-state index in [1.54, 1.807) is 18.2 Å². The molecule has 0 aliphatic rings. The molecule has 0 aliphatic heterocycles. The van der Waals surface area contributed by atoms with Gasteiger partial charge in [-0.3, -0.25) is 0 Å². The van der Waals surface area contributed by atoms with Gasteiger partial charge in [-0.05, 0) is 32.0 Å². The summed E-state index contributed by atoms with van der Waals surface area (Å²) in [6.07, 6.45) is 0. The van der Waals surface area contributed by atoms with Crippen molar-refractivity contribution in [1.82, 2.24) is 0 Å². The van der Waals surface area contributed by atoms with Crippen LogP contribution in [0.15, 0.2) is 24.3 Å². The number of hydrogen-bond donors (Lipinski definition) is 2. The van der Waals surface area contributed by atoms with Gasteiger partial charge in [0, 0.05) is 18.3 Å². The number of nitrogens with one attached hydrogen (secondary N) is 1. The van der Waals surface area contributed by atoms with Crippen molar-refractivity contribution >= 4 is 11.7 Å². The van der Waals surface area contributed by atoms with Crippen LogP contribution in [0.1, 0.15) is 24.2 Å².